The Bertz CT molecular complexity index is 715. The molecule has 0 spiro atoms. The molecule has 1 N–H and O–H groups in total. The molecule has 1 aliphatic heterocycles. The molecular weight excluding hydrogens is 429 g/mol. The number of nitrogens with one attached hydrogen (secondary N) is 1. The standard InChI is InChI=1S/C18H25N5O.HI/c1-14-6-4-5-7-15(14)10-20-18(19-2)23-8-9-24-17(13-23)16-11-21-22(3)12-16;/h4-7,11-12,17H,8-10,13H2,1-3H3,(H,19,20);1H. The van der Waals surface area contributed by atoms with Gasteiger partial charge in [-0.2, -0.15) is 5.10 Å². The van der Waals surface area contributed by atoms with Gasteiger partial charge in [-0.25, -0.2) is 0 Å². The molecule has 0 radical (unpaired) electrons. The normalized spacial score (nSPS) is 18.0. The predicted molar refractivity (Wildman–Crippen MR) is 110 cm³/mol. The smallest absolute Gasteiger partial charge is 0.194 e. The third kappa shape index (κ3) is 4.94. The third-order valence-corrected chi connectivity index (χ3v) is 4.37. The van der Waals surface area contributed by atoms with Gasteiger partial charge in [-0.15, -0.1) is 24.0 Å². The quantitative estimate of drug-likeness (QED) is 0.439. The Labute approximate surface area is 166 Å². The molecular formula is C18H26IN5O. The summed E-state index contributed by atoms with van der Waals surface area (Å²) in [6.45, 7) is 5.20. The first kappa shape index (κ1) is 19.7. The van der Waals surface area contributed by atoms with Crippen molar-refractivity contribution in [2.24, 2.45) is 12.0 Å². The van der Waals surface area contributed by atoms with Gasteiger partial charge in [0.15, 0.2) is 5.96 Å². The molecule has 3 rings (SSSR count). The van der Waals surface area contributed by atoms with Gasteiger partial charge in [0.2, 0.25) is 0 Å². The third-order valence-electron chi connectivity index (χ3n) is 4.37. The van der Waals surface area contributed by atoms with Crippen LogP contribution in [-0.2, 0) is 18.3 Å². The molecule has 2 heterocycles. The van der Waals surface area contributed by atoms with Crippen LogP contribution in [0, 0.1) is 6.92 Å². The van der Waals surface area contributed by atoms with Crippen LogP contribution < -0.4 is 5.32 Å². The van der Waals surface area contributed by atoms with Gasteiger partial charge in [0.05, 0.1) is 19.3 Å². The molecule has 2 aromatic rings. The van der Waals surface area contributed by atoms with Gasteiger partial charge >= 0.3 is 0 Å². The van der Waals surface area contributed by atoms with Crippen molar-refractivity contribution in [3.8, 4) is 0 Å². The number of hydrogen-bond acceptors (Lipinski definition) is 3. The van der Waals surface area contributed by atoms with E-state index in [-0.39, 0.29) is 30.1 Å². The van der Waals surface area contributed by atoms with E-state index in [4.69, 9.17) is 4.74 Å². The molecule has 1 aliphatic rings. The molecule has 136 valence electrons. The Morgan fingerprint density at radius 1 is 1.40 bits per heavy atom. The summed E-state index contributed by atoms with van der Waals surface area (Å²) in [5, 5.41) is 7.71. The molecule has 1 aromatic carbocycles. The van der Waals surface area contributed by atoms with Crippen molar-refractivity contribution in [2.45, 2.75) is 19.6 Å². The highest BCUT2D eigenvalue weighted by atomic mass is 127. The second kappa shape index (κ2) is 9.19. The summed E-state index contributed by atoms with van der Waals surface area (Å²) in [4.78, 5) is 6.69. The summed E-state index contributed by atoms with van der Waals surface area (Å²) in [6, 6.07) is 8.41. The fourth-order valence-electron chi connectivity index (χ4n) is 2.96. The van der Waals surface area contributed by atoms with E-state index in [9.17, 15) is 0 Å². The fraction of sp³-hybridized carbons (Fsp3) is 0.444. The van der Waals surface area contributed by atoms with Crippen LogP contribution in [0.25, 0.3) is 0 Å². The number of benzene rings is 1. The largest absolute Gasteiger partial charge is 0.370 e. The minimum atomic E-state index is 0. The predicted octanol–water partition coefficient (Wildman–Crippen LogP) is 2.50. The number of rotatable bonds is 3. The zero-order valence-electron chi connectivity index (χ0n) is 15.0. The van der Waals surface area contributed by atoms with E-state index in [1.807, 2.05) is 31.2 Å². The molecule has 1 saturated heterocycles. The summed E-state index contributed by atoms with van der Waals surface area (Å²) in [5.74, 6) is 0.912. The maximum Gasteiger partial charge on any atom is 0.194 e. The number of morpholine rings is 1. The lowest BCUT2D eigenvalue weighted by Crippen LogP contribution is -2.47. The number of hydrogen-bond donors (Lipinski definition) is 1. The average molecular weight is 455 g/mol. The highest BCUT2D eigenvalue weighted by molar-refractivity contribution is 14.0. The molecule has 1 fully saturated rings. The number of nitrogens with zero attached hydrogens (tertiary/aromatic N) is 4. The van der Waals surface area contributed by atoms with Crippen LogP contribution in [0.5, 0.6) is 0 Å². The van der Waals surface area contributed by atoms with Gasteiger partial charge in [-0.05, 0) is 18.1 Å². The van der Waals surface area contributed by atoms with E-state index in [0.717, 1.165) is 31.2 Å². The van der Waals surface area contributed by atoms with E-state index >= 15 is 0 Å². The van der Waals surface area contributed by atoms with Crippen LogP contribution >= 0.6 is 24.0 Å². The molecule has 0 bridgehead atoms. The van der Waals surface area contributed by atoms with Crippen LogP contribution in [0.15, 0.2) is 41.7 Å². The summed E-state index contributed by atoms with van der Waals surface area (Å²) < 4.78 is 7.71. The van der Waals surface area contributed by atoms with Crippen LogP contribution in [0.4, 0.5) is 0 Å². The Hall–Kier alpha value is -1.61. The summed E-state index contributed by atoms with van der Waals surface area (Å²) in [7, 11) is 3.75. The summed E-state index contributed by atoms with van der Waals surface area (Å²) >= 11 is 0. The van der Waals surface area contributed by atoms with E-state index < -0.39 is 0 Å². The Morgan fingerprint density at radius 3 is 2.88 bits per heavy atom. The van der Waals surface area contributed by atoms with Crippen molar-refractivity contribution in [3.63, 3.8) is 0 Å². The minimum Gasteiger partial charge on any atom is -0.370 e. The van der Waals surface area contributed by atoms with Crippen LogP contribution in [0.2, 0.25) is 0 Å². The lowest BCUT2D eigenvalue weighted by molar-refractivity contribution is -0.00805. The zero-order chi connectivity index (χ0) is 16.9. The SMILES string of the molecule is CN=C(NCc1ccccc1C)N1CCOC(c2cnn(C)c2)C1.I. The van der Waals surface area contributed by atoms with E-state index in [1.165, 1.54) is 11.1 Å². The highest BCUT2D eigenvalue weighted by Gasteiger charge is 2.25. The van der Waals surface area contributed by atoms with E-state index in [1.54, 1.807) is 0 Å². The molecule has 0 saturated carbocycles. The van der Waals surface area contributed by atoms with E-state index in [0.29, 0.717) is 6.61 Å². The van der Waals surface area contributed by atoms with Crippen LogP contribution in [0.3, 0.4) is 0 Å². The molecule has 0 amide bonds. The van der Waals surface area contributed by atoms with Gasteiger partial charge in [0.25, 0.3) is 0 Å². The second-order valence-corrected chi connectivity index (χ2v) is 6.08. The first-order valence-electron chi connectivity index (χ1n) is 8.27. The highest BCUT2D eigenvalue weighted by Crippen LogP contribution is 2.21. The summed E-state index contributed by atoms with van der Waals surface area (Å²) in [6.07, 6.45) is 3.92. The number of aliphatic imine (C=N–C) groups is 1. The van der Waals surface area contributed by atoms with Crippen molar-refractivity contribution < 1.29 is 4.74 Å². The lowest BCUT2D eigenvalue weighted by Gasteiger charge is -2.34. The number of aryl methyl sites for hydroxylation is 2. The van der Waals surface area contributed by atoms with Gasteiger partial charge in [-0.1, -0.05) is 24.3 Å². The minimum absolute atomic E-state index is 0. The van der Waals surface area contributed by atoms with Crippen LogP contribution in [-0.4, -0.2) is 47.4 Å². The number of guanidine groups is 1. The summed E-state index contributed by atoms with van der Waals surface area (Å²) in [5.41, 5.74) is 3.68. The number of halogens is 1. The van der Waals surface area contributed by atoms with Crippen LogP contribution in [0.1, 0.15) is 22.8 Å². The Kier molecular flexibility index (Phi) is 7.24. The first-order valence-corrected chi connectivity index (χ1v) is 8.27. The molecule has 0 aliphatic carbocycles. The monoisotopic (exact) mass is 455 g/mol. The van der Waals surface area contributed by atoms with Gasteiger partial charge in [0, 0.05) is 38.9 Å². The first-order chi connectivity index (χ1) is 11.7. The maximum atomic E-state index is 5.91. The second-order valence-electron chi connectivity index (χ2n) is 6.08. The molecule has 6 nitrogen and oxygen atoms in total. The van der Waals surface area contributed by atoms with Gasteiger partial charge in [0.1, 0.15) is 6.10 Å². The molecule has 1 unspecified atom stereocenters. The maximum absolute atomic E-state index is 5.91. The Morgan fingerprint density at radius 2 is 2.20 bits per heavy atom. The molecule has 7 heteroatoms. The van der Waals surface area contributed by atoms with Gasteiger partial charge in [-0.3, -0.25) is 9.67 Å². The van der Waals surface area contributed by atoms with Crippen molar-refractivity contribution in [3.05, 3.63) is 53.3 Å². The molecule has 25 heavy (non-hydrogen) atoms. The molecule has 1 atom stereocenters. The lowest BCUT2D eigenvalue weighted by atomic mass is 10.1. The zero-order valence-corrected chi connectivity index (χ0v) is 17.3. The fourth-order valence-corrected chi connectivity index (χ4v) is 2.96. The Balaban J connectivity index is 0.00000225. The van der Waals surface area contributed by atoms with Crippen molar-refractivity contribution in [1.29, 1.82) is 0 Å². The van der Waals surface area contributed by atoms with Crippen molar-refractivity contribution in [1.82, 2.24) is 20.0 Å². The van der Waals surface area contributed by atoms with E-state index in [2.05, 4.69) is 51.5 Å². The van der Waals surface area contributed by atoms with Crippen molar-refractivity contribution in [2.75, 3.05) is 26.7 Å². The number of ether oxygens (including phenoxy) is 1. The topological polar surface area (TPSA) is 54.7 Å². The average Bonchev–Trinajstić information content (AvgIpc) is 3.04. The number of aromatic nitrogens is 2. The van der Waals surface area contributed by atoms with Crippen molar-refractivity contribution >= 4 is 29.9 Å². The van der Waals surface area contributed by atoms with Gasteiger partial charge < -0.3 is 15.0 Å². The molecule has 1 aromatic heterocycles.